The Morgan fingerprint density at radius 1 is 1.23 bits per heavy atom. The van der Waals surface area contributed by atoms with Gasteiger partial charge in [0.05, 0.1) is 6.54 Å². The van der Waals surface area contributed by atoms with E-state index < -0.39 is 5.97 Å². The van der Waals surface area contributed by atoms with Gasteiger partial charge < -0.3 is 20.5 Å². The first-order valence-electron chi connectivity index (χ1n) is 11.5. The number of rotatable bonds is 5. The molecule has 1 aliphatic heterocycles. The highest BCUT2D eigenvalue weighted by Gasteiger charge is 2.34. The molecule has 1 fully saturated rings. The number of aromatic nitrogens is 2. The second-order valence-electron chi connectivity index (χ2n) is 8.97. The van der Waals surface area contributed by atoms with Gasteiger partial charge in [-0.1, -0.05) is 13.0 Å². The molecule has 0 spiro atoms. The Bertz CT molecular complexity index is 877. The molecule has 31 heavy (non-hydrogen) atoms. The monoisotopic (exact) mass is 428 g/mol. The van der Waals surface area contributed by atoms with E-state index in [0.717, 1.165) is 50.6 Å². The van der Waals surface area contributed by atoms with Gasteiger partial charge in [-0.25, -0.2) is 4.98 Å². The summed E-state index contributed by atoms with van der Waals surface area (Å²) in [5.41, 5.74) is 7.41. The number of aryl methyl sites for hydroxylation is 1. The first kappa shape index (κ1) is 21.6. The second kappa shape index (κ2) is 9.24. The van der Waals surface area contributed by atoms with Gasteiger partial charge in [-0.15, -0.1) is 0 Å². The van der Waals surface area contributed by atoms with Gasteiger partial charge in [-0.3, -0.25) is 9.59 Å². The van der Waals surface area contributed by atoms with Crippen molar-refractivity contribution in [2.45, 2.75) is 64.7 Å². The summed E-state index contributed by atoms with van der Waals surface area (Å²) in [7, 11) is 0. The van der Waals surface area contributed by atoms with Crippen LogP contribution < -0.4 is 10.5 Å². The minimum Gasteiger partial charge on any atom is -0.481 e. The Morgan fingerprint density at radius 3 is 2.65 bits per heavy atom. The number of carboxylic acid groups (broad SMARTS) is 1. The van der Waals surface area contributed by atoms with E-state index in [2.05, 4.69) is 16.0 Å². The van der Waals surface area contributed by atoms with Crippen LogP contribution >= 0.6 is 0 Å². The third kappa shape index (κ3) is 4.67. The smallest absolute Gasteiger partial charge is 0.303 e. The highest BCUT2D eigenvalue weighted by Crippen LogP contribution is 2.41. The summed E-state index contributed by atoms with van der Waals surface area (Å²) in [6, 6.07) is 0. The molecule has 1 aromatic heterocycles. The number of aliphatic carboxylic acids is 1. The number of nitrogen functional groups attached to an aromatic ring is 1. The van der Waals surface area contributed by atoms with Crippen LogP contribution in [0.25, 0.3) is 0 Å². The van der Waals surface area contributed by atoms with E-state index in [-0.39, 0.29) is 17.3 Å². The molecule has 2 aliphatic carbocycles. The Morgan fingerprint density at radius 2 is 2.00 bits per heavy atom. The number of hydrogen-bond donors (Lipinski definition) is 2. The normalized spacial score (nSPS) is 26.5. The minimum atomic E-state index is -0.682. The van der Waals surface area contributed by atoms with Crippen molar-refractivity contribution in [2.75, 3.05) is 18.9 Å². The molecular formula is C23H32N4O4. The molecular weight excluding hydrogens is 396 g/mol. The highest BCUT2D eigenvalue weighted by atomic mass is 16.5. The van der Waals surface area contributed by atoms with Crippen molar-refractivity contribution in [3.63, 3.8) is 0 Å². The number of fused-ring (bicyclic) bond motifs is 1. The third-order valence-corrected chi connectivity index (χ3v) is 7.07. The van der Waals surface area contributed by atoms with Gasteiger partial charge >= 0.3 is 5.97 Å². The number of nitrogens with zero attached hydrogens (tertiary/aromatic N) is 3. The summed E-state index contributed by atoms with van der Waals surface area (Å²) in [6.45, 7) is 2.80. The van der Waals surface area contributed by atoms with Crippen LogP contribution in [0.5, 0.6) is 5.88 Å². The van der Waals surface area contributed by atoms with Crippen LogP contribution in [0, 0.1) is 17.8 Å². The maximum Gasteiger partial charge on any atom is 0.303 e. The number of carbonyl (C=O) groups excluding carboxylic acids is 1. The van der Waals surface area contributed by atoms with Crippen molar-refractivity contribution in [3.05, 3.63) is 23.2 Å². The van der Waals surface area contributed by atoms with Gasteiger partial charge in [0.2, 0.25) is 5.88 Å². The summed E-state index contributed by atoms with van der Waals surface area (Å²) in [5, 5.41) is 9.01. The van der Waals surface area contributed by atoms with E-state index in [1.807, 2.05) is 6.92 Å². The van der Waals surface area contributed by atoms with Gasteiger partial charge in [-0.05, 0) is 62.7 Å². The molecule has 1 saturated carbocycles. The summed E-state index contributed by atoms with van der Waals surface area (Å²) in [5.74, 6) is 1.80. The lowest BCUT2D eigenvalue weighted by atomic mass is 9.71. The van der Waals surface area contributed by atoms with Crippen molar-refractivity contribution in [1.29, 1.82) is 0 Å². The quantitative estimate of drug-likeness (QED) is 0.737. The maximum absolute atomic E-state index is 13.3. The maximum atomic E-state index is 13.3. The molecule has 3 N–H and O–H groups in total. The largest absolute Gasteiger partial charge is 0.481 e. The van der Waals surface area contributed by atoms with Gasteiger partial charge in [0.25, 0.3) is 5.91 Å². The molecule has 4 rings (SSSR count). The van der Waals surface area contributed by atoms with Crippen molar-refractivity contribution in [2.24, 2.45) is 17.8 Å². The number of nitrogens with two attached hydrogens (primary N) is 1. The molecule has 3 aliphatic rings. The van der Waals surface area contributed by atoms with Crippen LogP contribution in [0.15, 0.2) is 11.8 Å². The molecule has 1 atom stereocenters. The number of hydrogen-bond acceptors (Lipinski definition) is 6. The molecule has 8 heteroatoms. The van der Waals surface area contributed by atoms with Crippen molar-refractivity contribution in [3.8, 4) is 5.88 Å². The standard InChI is InChI=1S/C23H32N4O4/c1-2-18-25-21(24)20-22(26-18)31-12-11-27(23(20)30)17-9-7-16(8-10-17)15-5-3-14(4-6-15)13-19(28)29/h9,14-16H,2-8,10-13H2,1H3,(H,28,29)(H2,24,25,26)/t14-,15-,16?. The first-order valence-corrected chi connectivity index (χ1v) is 11.5. The zero-order chi connectivity index (χ0) is 22.0. The van der Waals surface area contributed by atoms with Crippen LogP contribution in [0.2, 0.25) is 0 Å². The van der Waals surface area contributed by atoms with Crippen LogP contribution in [-0.4, -0.2) is 45.0 Å². The summed E-state index contributed by atoms with van der Waals surface area (Å²) in [6.07, 6.45) is 10.3. The van der Waals surface area contributed by atoms with E-state index >= 15 is 0 Å². The lowest BCUT2D eigenvalue weighted by Gasteiger charge is -2.36. The Hall–Kier alpha value is -2.64. The summed E-state index contributed by atoms with van der Waals surface area (Å²) < 4.78 is 5.75. The van der Waals surface area contributed by atoms with E-state index in [1.54, 1.807) is 4.90 Å². The number of ether oxygens (including phenoxy) is 1. The molecule has 0 bridgehead atoms. The predicted octanol–water partition coefficient (Wildman–Crippen LogP) is 3.42. The van der Waals surface area contributed by atoms with Crippen LogP contribution in [0.1, 0.15) is 74.5 Å². The molecule has 8 nitrogen and oxygen atoms in total. The lowest BCUT2D eigenvalue weighted by molar-refractivity contribution is -0.138. The van der Waals surface area contributed by atoms with Crippen LogP contribution in [-0.2, 0) is 11.2 Å². The number of amides is 1. The molecule has 1 amide bonds. The zero-order valence-corrected chi connectivity index (χ0v) is 18.2. The van der Waals surface area contributed by atoms with E-state index in [1.165, 1.54) is 0 Å². The fraction of sp³-hybridized carbons (Fsp3) is 0.652. The Balaban J connectivity index is 1.41. The first-order chi connectivity index (χ1) is 15.0. The van der Waals surface area contributed by atoms with Crippen LogP contribution in [0.3, 0.4) is 0 Å². The lowest BCUT2D eigenvalue weighted by Crippen LogP contribution is -2.34. The third-order valence-electron chi connectivity index (χ3n) is 7.07. The summed E-state index contributed by atoms with van der Waals surface area (Å²) >= 11 is 0. The number of carbonyl (C=O) groups is 2. The van der Waals surface area contributed by atoms with Crippen LogP contribution in [0.4, 0.5) is 5.82 Å². The van der Waals surface area contributed by atoms with Crippen molar-refractivity contribution in [1.82, 2.24) is 14.9 Å². The molecule has 168 valence electrons. The molecule has 0 aromatic carbocycles. The van der Waals surface area contributed by atoms with Gasteiger partial charge in [0.15, 0.2) is 0 Å². The number of anilines is 1. The topological polar surface area (TPSA) is 119 Å². The minimum absolute atomic E-state index is 0.175. The molecule has 0 radical (unpaired) electrons. The van der Waals surface area contributed by atoms with Gasteiger partial charge in [0.1, 0.15) is 23.8 Å². The average Bonchev–Trinajstić information content (AvgIpc) is 2.93. The molecule has 1 unspecified atom stereocenters. The number of allylic oxidation sites excluding steroid dienone is 2. The van der Waals surface area contributed by atoms with E-state index in [4.69, 9.17) is 15.6 Å². The highest BCUT2D eigenvalue weighted by molar-refractivity contribution is 6.01. The van der Waals surface area contributed by atoms with Gasteiger partial charge in [0, 0.05) is 18.5 Å². The molecule has 0 saturated heterocycles. The zero-order valence-electron chi connectivity index (χ0n) is 18.2. The predicted molar refractivity (Wildman–Crippen MR) is 115 cm³/mol. The molecule has 1 aromatic rings. The Kier molecular flexibility index (Phi) is 6.43. The summed E-state index contributed by atoms with van der Waals surface area (Å²) in [4.78, 5) is 34.6. The number of carboxylic acids is 1. The average molecular weight is 429 g/mol. The molecule has 2 heterocycles. The SMILES string of the molecule is CCc1nc(N)c2c(n1)OCCN(C1=CCC([C@H]3CC[C@H](CC(=O)O)CC3)CC1)C2=O. The van der Waals surface area contributed by atoms with Crippen molar-refractivity contribution < 1.29 is 19.4 Å². The van der Waals surface area contributed by atoms with E-state index in [0.29, 0.717) is 55.5 Å². The Labute approximate surface area is 182 Å². The fourth-order valence-electron chi connectivity index (χ4n) is 5.33. The van der Waals surface area contributed by atoms with E-state index in [9.17, 15) is 9.59 Å². The van der Waals surface area contributed by atoms with Gasteiger partial charge in [-0.2, -0.15) is 4.98 Å². The second-order valence-corrected chi connectivity index (χ2v) is 8.97. The fourth-order valence-corrected chi connectivity index (χ4v) is 5.33. The van der Waals surface area contributed by atoms with Crippen molar-refractivity contribution >= 4 is 17.7 Å².